The molecule has 0 bridgehead atoms. The number of rotatable bonds is 2. The fourth-order valence-electron chi connectivity index (χ4n) is 3.51. The molecule has 3 nitrogen and oxygen atoms in total. The molecule has 1 aliphatic carbocycles. The summed E-state index contributed by atoms with van der Waals surface area (Å²) in [5.74, 6) is 0.347. The zero-order chi connectivity index (χ0) is 12.6. The molecule has 3 rings (SSSR count). The van der Waals surface area contributed by atoms with Crippen LogP contribution in [0, 0.1) is 5.41 Å². The van der Waals surface area contributed by atoms with Crippen LogP contribution in [0.15, 0.2) is 24.3 Å². The molecular weight excluding hydrogens is 224 g/mol. The van der Waals surface area contributed by atoms with Crippen LogP contribution in [0.25, 0.3) is 0 Å². The van der Waals surface area contributed by atoms with Gasteiger partial charge < -0.3 is 10.8 Å². The molecule has 0 amide bonds. The zero-order valence-electron chi connectivity index (χ0n) is 10.8. The summed E-state index contributed by atoms with van der Waals surface area (Å²) >= 11 is 0. The van der Waals surface area contributed by atoms with E-state index in [1.807, 2.05) is 12.1 Å². The largest absolute Gasteiger partial charge is 0.508 e. The summed E-state index contributed by atoms with van der Waals surface area (Å²) in [6.07, 6.45) is 5.08. The smallest absolute Gasteiger partial charge is 0.115 e. The highest BCUT2D eigenvalue weighted by atomic mass is 16.3. The van der Waals surface area contributed by atoms with Crippen LogP contribution in [-0.2, 0) is 6.54 Å². The Bertz CT molecular complexity index is 399. The number of benzene rings is 1. The average Bonchev–Trinajstić information content (AvgIpc) is 2.33. The van der Waals surface area contributed by atoms with Crippen molar-refractivity contribution in [1.29, 1.82) is 0 Å². The first-order chi connectivity index (χ1) is 8.65. The lowest BCUT2D eigenvalue weighted by molar-refractivity contribution is 0.0154. The van der Waals surface area contributed by atoms with Crippen molar-refractivity contribution in [3.05, 3.63) is 29.8 Å². The number of piperidine rings is 1. The van der Waals surface area contributed by atoms with Gasteiger partial charge in [-0.2, -0.15) is 0 Å². The summed E-state index contributed by atoms with van der Waals surface area (Å²) in [5.41, 5.74) is 7.79. The van der Waals surface area contributed by atoms with Crippen LogP contribution in [0.5, 0.6) is 5.75 Å². The van der Waals surface area contributed by atoms with Gasteiger partial charge in [-0.1, -0.05) is 12.1 Å². The van der Waals surface area contributed by atoms with Crippen LogP contribution in [-0.4, -0.2) is 29.1 Å². The lowest BCUT2D eigenvalue weighted by atomic mass is 9.61. The molecule has 1 aromatic rings. The highest BCUT2D eigenvalue weighted by Crippen LogP contribution is 2.48. The Kier molecular flexibility index (Phi) is 3.04. The van der Waals surface area contributed by atoms with Gasteiger partial charge in [0.25, 0.3) is 0 Å². The molecule has 3 N–H and O–H groups in total. The molecule has 0 unspecified atom stereocenters. The average molecular weight is 246 g/mol. The Morgan fingerprint density at radius 2 is 1.78 bits per heavy atom. The summed E-state index contributed by atoms with van der Waals surface area (Å²) in [6, 6.07) is 8.03. The quantitative estimate of drug-likeness (QED) is 0.840. The molecule has 2 aliphatic rings. The molecular formula is C15H22N2O. The third kappa shape index (κ3) is 2.38. The second-order valence-corrected chi connectivity index (χ2v) is 6.11. The number of hydrogen-bond donors (Lipinski definition) is 2. The molecule has 0 aromatic heterocycles. The second-order valence-electron chi connectivity index (χ2n) is 6.11. The molecule has 1 aromatic carbocycles. The maximum absolute atomic E-state index is 9.27. The summed E-state index contributed by atoms with van der Waals surface area (Å²) < 4.78 is 0. The summed E-state index contributed by atoms with van der Waals surface area (Å²) in [7, 11) is 0. The molecule has 18 heavy (non-hydrogen) atoms. The van der Waals surface area contributed by atoms with E-state index in [0.29, 0.717) is 17.2 Å². The monoisotopic (exact) mass is 246 g/mol. The van der Waals surface area contributed by atoms with Crippen molar-refractivity contribution in [2.75, 3.05) is 13.1 Å². The Morgan fingerprint density at radius 3 is 2.33 bits per heavy atom. The highest BCUT2D eigenvalue weighted by molar-refractivity contribution is 5.25. The number of nitrogens with zero attached hydrogens (tertiary/aromatic N) is 1. The predicted molar refractivity (Wildman–Crippen MR) is 72.3 cm³/mol. The summed E-state index contributed by atoms with van der Waals surface area (Å²) in [4.78, 5) is 2.52. The number of phenolic OH excluding ortho intramolecular Hbond substituents is 1. The fraction of sp³-hybridized carbons (Fsp3) is 0.600. The van der Waals surface area contributed by atoms with E-state index in [-0.39, 0.29) is 0 Å². The van der Waals surface area contributed by atoms with Gasteiger partial charge in [0.1, 0.15) is 5.75 Å². The second kappa shape index (κ2) is 4.56. The fourth-order valence-corrected chi connectivity index (χ4v) is 3.51. The van der Waals surface area contributed by atoms with E-state index in [9.17, 15) is 5.11 Å². The Labute approximate surface area is 109 Å². The SMILES string of the molecule is NC1CC2(CCN(Cc3ccc(O)cc3)CC2)C1. The molecule has 1 spiro atoms. The minimum atomic E-state index is 0.347. The predicted octanol–water partition coefficient (Wildman–Crippen LogP) is 2.10. The number of likely N-dealkylation sites (tertiary alicyclic amines) is 1. The van der Waals surface area contributed by atoms with Crippen LogP contribution < -0.4 is 5.73 Å². The van der Waals surface area contributed by atoms with Crippen molar-refractivity contribution < 1.29 is 5.11 Å². The van der Waals surface area contributed by atoms with Gasteiger partial charge in [0, 0.05) is 12.6 Å². The Hall–Kier alpha value is -1.06. The van der Waals surface area contributed by atoms with Crippen LogP contribution in [0.2, 0.25) is 0 Å². The molecule has 0 atom stereocenters. The van der Waals surface area contributed by atoms with E-state index in [0.717, 1.165) is 6.54 Å². The topological polar surface area (TPSA) is 49.5 Å². The third-order valence-corrected chi connectivity index (χ3v) is 4.65. The molecule has 98 valence electrons. The molecule has 1 saturated carbocycles. The van der Waals surface area contributed by atoms with E-state index in [2.05, 4.69) is 4.90 Å². The van der Waals surface area contributed by atoms with E-state index < -0.39 is 0 Å². The van der Waals surface area contributed by atoms with Crippen molar-refractivity contribution in [2.45, 2.75) is 38.3 Å². The third-order valence-electron chi connectivity index (χ3n) is 4.65. The van der Waals surface area contributed by atoms with Gasteiger partial charge >= 0.3 is 0 Å². The maximum Gasteiger partial charge on any atom is 0.115 e. The van der Waals surface area contributed by atoms with Gasteiger partial charge in [0.05, 0.1) is 0 Å². The van der Waals surface area contributed by atoms with E-state index in [1.165, 1.54) is 44.3 Å². The van der Waals surface area contributed by atoms with Crippen molar-refractivity contribution in [3.8, 4) is 5.75 Å². The van der Waals surface area contributed by atoms with Gasteiger partial charge in [0.15, 0.2) is 0 Å². The zero-order valence-corrected chi connectivity index (χ0v) is 10.8. The maximum atomic E-state index is 9.27. The lowest BCUT2D eigenvalue weighted by Crippen LogP contribution is -2.51. The molecule has 1 aliphatic heterocycles. The van der Waals surface area contributed by atoms with Gasteiger partial charge in [0.2, 0.25) is 0 Å². The van der Waals surface area contributed by atoms with Crippen molar-refractivity contribution >= 4 is 0 Å². The van der Waals surface area contributed by atoms with Gasteiger partial charge in [-0.25, -0.2) is 0 Å². The summed E-state index contributed by atoms with van der Waals surface area (Å²) in [6.45, 7) is 3.38. The first-order valence-electron chi connectivity index (χ1n) is 6.91. The van der Waals surface area contributed by atoms with Gasteiger partial charge in [-0.05, 0) is 61.9 Å². The van der Waals surface area contributed by atoms with E-state index in [4.69, 9.17) is 5.73 Å². The van der Waals surface area contributed by atoms with Crippen LogP contribution >= 0.6 is 0 Å². The van der Waals surface area contributed by atoms with E-state index >= 15 is 0 Å². The first-order valence-corrected chi connectivity index (χ1v) is 6.91. The highest BCUT2D eigenvalue weighted by Gasteiger charge is 2.43. The van der Waals surface area contributed by atoms with Crippen LogP contribution in [0.1, 0.15) is 31.2 Å². The first kappa shape index (κ1) is 12.0. The van der Waals surface area contributed by atoms with Crippen molar-refractivity contribution in [3.63, 3.8) is 0 Å². The number of nitrogens with two attached hydrogens (primary N) is 1. The van der Waals surface area contributed by atoms with Gasteiger partial charge in [-0.15, -0.1) is 0 Å². The Balaban J connectivity index is 1.52. The van der Waals surface area contributed by atoms with Gasteiger partial charge in [-0.3, -0.25) is 4.90 Å². The number of hydrogen-bond acceptors (Lipinski definition) is 3. The Morgan fingerprint density at radius 1 is 1.17 bits per heavy atom. The standard InChI is InChI=1S/C15H22N2O/c16-13-9-15(10-13)5-7-17(8-6-15)11-12-1-3-14(18)4-2-12/h1-4,13,18H,5-11,16H2. The normalized spacial score (nSPS) is 24.1. The molecule has 2 fully saturated rings. The minimum absolute atomic E-state index is 0.347. The summed E-state index contributed by atoms with van der Waals surface area (Å²) in [5, 5.41) is 9.27. The number of phenols is 1. The molecule has 0 radical (unpaired) electrons. The minimum Gasteiger partial charge on any atom is -0.508 e. The van der Waals surface area contributed by atoms with Crippen molar-refractivity contribution in [2.24, 2.45) is 11.1 Å². The van der Waals surface area contributed by atoms with Crippen molar-refractivity contribution in [1.82, 2.24) is 4.90 Å². The lowest BCUT2D eigenvalue weighted by Gasteiger charge is -2.51. The molecule has 1 heterocycles. The van der Waals surface area contributed by atoms with Crippen LogP contribution in [0.3, 0.4) is 0 Å². The van der Waals surface area contributed by atoms with Crippen LogP contribution in [0.4, 0.5) is 0 Å². The molecule has 3 heteroatoms. The van der Waals surface area contributed by atoms with E-state index in [1.54, 1.807) is 12.1 Å². The molecule has 1 saturated heterocycles. The number of aromatic hydroxyl groups is 1.